The second-order valence-corrected chi connectivity index (χ2v) is 3.22. The summed E-state index contributed by atoms with van der Waals surface area (Å²) >= 11 is 0. The molecule has 0 saturated carbocycles. The van der Waals surface area contributed by atoms with Crippen molar-refractivity contribution in [3.8, 4) is 0 Å². The summed E-state index contributed by atoms with van der Waals surface area (Å²) in [5.74, 6) is 1.13. The number of rotatable bonds is 3. The van der Waals surface area contributed by atoms with Gasteiger partial charge in [0.25, 0.3) is 0 Å². The molecule has 0 aliphatic carbocycles. The topological polar surface area (TPSA) is 42.7 Å². The van der Waals surface area contributed by atoms with E-state index >= 15 is 0 Å². The minimum absolute atomic E-state index is 0.599. The van der Waals surface area contributed by atoms with Crippen LogP contribution in [-0.4, -0.2) is 27.9 Å². The molecule has 12 heavy (non-hydrogen) atoms. The van der Waals surface area contributed by atoms with E-state index in [9.17, 15) is 0 Å². The Morgan fingerprint density at radius 1 is 1.67 bits per heavy atom. The minimum atomic E-state index is 0.599. The number of aromatic nitrogens is 3. The van der Waals surface area contributed by atoms with Gasteiger partial charge in [0, 0.05) is 19.5 Å². The molecule has 0 spiro atoms. The fourth-order valence-electron chi connectivity index (χ4n) is 1.44. The lowest BCUT2D eigenvalue weighted by Crippen LogP contribution is -2.43. The molecule has 1 aromatic rings. The van der Waals surface area contributed by atoms with Crippen molar-refractivity contribution in [1.29, 1.82) is 0 Å². The normalized spacial score (nSPS) is 17.8. The molecule has 4 heteroatoms. The maximum absolute atomic E-state index is 4.09. The zero-order valence-electron chi connectivity index (χ0n) is 7.32. The van der Waals surface area contributed by atoms with Gasteiger partial charge in [-0.25, -0.2) is 0 Å². The van der Waals surface area contributed by atoms with Crippen molar-refractivity contribution in [3.05, 3.63) is 12.2 Å². The molecule has 1 aliphatic rings. The zero-order valence-corrected chi connectivity index (χ0v) is 7.32. The molecule has 4 nitrogen and oxygen atoms in total. The molecule has 2 heterocycles. The Morgan fingerprint density at radius 3 is 3.08 bits per heavy atom. The summed E-state index contributed by atoms with van der Waals surface area (Å²) in [5.41, 5.74) is 0. The van der Waals surface area contributed by atoms with Crippen molar-refractivity contribution in [2.24, 2.45) is 0 Å². The van der Waals surface area contributed by atoms with Crippen molar-refractivity contribution in [2.45, 2.75) is 25.8 Å². The van der Waals surface area contributed by atoms with Crippen LogP contribution in [0.15, 0.2) is 6.33 Å². The Balaban J connectivity index is 2.12. The van der Waals surface area contributed by atoms with Crippen molar-refractivity contribution in [2.75, 3.05) is 13.1 Å². The van der Waals surface area contributed by atoms with Gasteiger partial charge >= 0.3 is 0 Å². The van der Waals surface area contributed by atoms with Gasteiger partial charge < -0.3 is 9.88 Å². The molecule has 0 bridgehead atoms. The van der Waals surface area contributed by atoms with Crippen molar-refractivity contribution >= 4 is 0 Å². The number of aryl methyl sites for hydroxylation is 1. The van der Waals surface area contributed by atoms with E-state index in [-0.39, 0.29) is 0 Å². The van der Waals surface area contributed by atoms with Gasteiger partial charge in [0.15, 0.2) is 0 Å². The summed E-state index contributed by atoms with van der Waals surface area (Å²) < 4.78 is 2.19. The molecule has 0 unspecified atom stereocenters. The van der Waals surface area contributed by atoms with Crippen LogP contribution in [0.4, 0.5) is 0 Å². The van der Waals surface area contributed by atoms with Crippen LogP contribution >= 0.6 is 0 Å². The number of nitrogens with zero attached hydrogens (tertiary/aromatic N) is 3. The largest absolute Gasteiger partial charge is 0.313 e. The van der Waals surface area contributed by atoms with Gasteiger partial charge in [0.2, 0.25) is 0 Å². The lowest BCUT2D eigenvalue weighted by molar-refractivity contribution is 0.334. The summed E-state index contributed by atoms with van der Waals surface area (Å²) in [6.45, 7) is 4.29. The van der Waals surface area contributed by atoms with E-state index in [1.807, 2.05) is 6.33 Å². The summed E-state index contributed by atoms with van der Waals surface area (Å²) in [4.78, 5) is 0. The molecule has 1 aromatic heterocycles. The van der Waals surface area contributed by atoms with E-state index in [2.05, 4.69) is 27.0 Å². The molecule has 0 atom stereocenters. The van der Waals surface area contributed by atoms with Crippen molar-refractivity contribution in [1.82, 2.24) is 20.1 Å². The molecule has 1 fully saturated rings. The highest BCUT2D eigenvalue weighted by Crippen LogP contribution is 2.13. The van der Waals surface area contributed by atoms with Gasteiger partial charge in [-0.05, 0) is 6.42 Å². The molecule has 1 N–H and O–H groups in total. The van der Waals surface area contributed by atoms with E-state index in [4.69, 9.17) is 0 Å². The van der Waals surface area contributed by atoms with E-state index in [1.54, 1.807) is 0 Å². The predicted octanol–water partition coefficient (Wildman–Crippen LogP) is 0.375. The van der Waals surface area contributed by atoms with Crippen molar-refractivity contribution < 1.29 is 0 Å². The minimum Gasteiger partial charge on any atom is -0.313 e. The Morgan fingerprint density at radius 2 is 2.50 bits per heavy atom. The van der Waals surface area contributed by atoms with Crippen LogP contribution in [0.1, 0.15) is 25.2 Å². The van der Waals surface area contributed by atoms with Gasteiger partial charge in [0.1, 0.15) is 12.2 Å². The smallest absolute Gasteiger partial charge is 0.133 e. The maximum Gasteiger partial charge on any atom is 0.133 e. The molecule has 1 saturated heterocycles. The number of nitrogens with one attached hydrogen (secondary N) is 1. The monoisotopic (exact) mass is 166 g/mol. The Bertz CT molecular complexity index is 251. The third-order valence-electron chi connectivity index (χ3n) is 2.27. The van der Waals surface area contributed by atoms with E-state index < -0.39 is 0 Å². The van der Waals surface area contributed by atoms with Crippen LogP contribution in [-0.2, 0) is 6.42 Å². The quantitative estimate of drug-likeness (QED) is 0.705. The predicted molar refractivity (Wildman–Crippen MR) is 45.9 cm³/mol. The van der Waals surface area contributed by atoms with Crippen LogP contribution in [0.25, 0.3) is 0 Å². The summed E-state index contributed by atoms with van der Waals surface area (Å²) in [6, 6.07) is 0.599. The highest BCUT2D eigenvalue weighted by Gasteiger charge is 2.20. The van der Waals surface area contributed by atoms with Crippen molar-refractivity contribution in [3.63, 3.8) is 0 Å². The van der Waals surface area contributed by atoms with Crippen LogP contribution in [0, 0.1) is 0 Å². The Labute approximate surface area is 72.0 Å². The van der Waals surface area contributed by atoms with Gasteiger partial charge in [-0.2, -0.15) is 0 Å². The third kappa shape index (κ3) is 1.22. The second-order valence-electron chi connectivity index (χ2n) is 3.22. The standard InChI is InChI=1S/C8H14N4/c1-2-3-8-11-10-6-12(8)7-4-9-5-7/h6-7,9H,2-5H2,1H3. The highest BCUT2D eigenvalue weighted by atomic mass is 15.3. The first-order valence-corrected chi connectivity index (χ1v) is 4.51. The SMILES string of the molecule is CCCc1nncn1C1CNC1. The fraction of sp³-hybridized carbons (Fsp3) is 0.750. The number of hydrogen-bond donors (Lipinski definition) is 1. The van der Waals surface area contributed by atoms with Gasteiger partial charge in [-0.15, -0.1) is 10.2 Å². The van der Waals surface area contributed by atoms with Gasteiger partial charge in [-0.1, -0.05) is 6.92 Å². The molecule has 0 aromatic carbocycles. The van der Waals surface area contributed by atoms with E-state index in [0.717, 1.165) is 31.8 Å². The second kappa shape index (κ2) is 3.23. The van der Waals surface area contributed by atoms with Gasteiger partial charge in [0.05, 0.1) is 6.04 Å². The maximum atomic E-state index is 4.09. The fourth-order valence-corrected chi connectivity index (χ4v) is 1.44. The molecule has 0 amide bonds. The van der Waals surface area contributed by atoms with Crippen LogP contribution in [0.3, 0.4) is 0 Å². The van der Waals surface area contributed by atoms with E-state index in [0.29, 0.717) is 6.04 Å². The van der Waals surface area contributed by atoms with Crippen LogP contribution < -0.4 is 5.32 Å². The zero-order chi connectivity index (χ0) is 8.39. The third-order valence-corrected chi connectivity index (χ3v) is 2.27. The summed E-state index contributed by atoms with van der Waals surface area (Å²) in [6.07, 6.45) is 4.02. The number of hydrogen-bond acceptors (Lipinski definition) is 3. The Hall–Kier alpha value is -0.900. The lowest BCUT2D eigenvalue weighted by Gasteiger charge is -2.28. The first-order valence-electron chi connectivity index (χ1n) is 4.51. The van der Waals surface area contributed by atoms with E-state index in [1.165, 1.54) is 0 Å². The average molecular weight is 166 g/mol. The highest BCUT2D eigenvalue weighted by molar-refractivity contribution is 4.94. The van der Waals surface area contributed by atoms with Crippen LogP contribution in [0.2, 0.25) is 0 Å². The van der Waals surface area contributed by atoms with Crippen LogP contribution in [0.5, 0.6) is 0 Å². The summed E-state index contributed by atoms with van der Waals surface area (Å²) in [7, 11) is 0. The molecule has 2 rings (SSSR count). The first-order chi connectivity index (χ1) is 5.92. The molecular weight excluding hydrogens is 152 g/mol. The Kier molecular flexibility index (Phi) is 2.08. The molecule has 0 radical (unpaired) electrons. The lowest BCUT2D eigenvalue weighted by atomic mass is 10.1. The molecule has 66 valence electrons. The summed E-state index contributed by atoms with van der Waals surface area (Å²) in [5, 5.41) is 11.3. The van der Waals surface area contributed by atoms with Gasteiger partial charge in [-0.3, -0.25) is 0 Å². The average Bonchev–Trinajstić information content (AvgIpc) is 2.35. The molecule has 1 aliphatic heterocycles. The first kappa shape index (κ1) is 7.73. The molecular formula is C8H14N4.